The molecule has 0 fully saturated rings. The first-order valence-corrected chi connectivity index (χ1v) is 10.2. The summed E-state index contributed by atoms with van der Waals surface area (Å²) in [5, 5.41) is 13.4. The van der Waals surface area contributed by atoms with Gasteiger partial charge in [0.25, 0.3) is 11.6 Å². The Balaban J connectivity index is 1.50. The smallest absolute Gasteiger partial charge is 0.307 e. The molecule has 1 amide bonds. The van der Waals surface area contributed by atoms with Crippen LogP contribution in [0.5, 0.6) is 0 Å². The Morgan fingerprint density at radius 2 is 1.77 bits per heavy atom. The van der Waals surface area contributed by atoms with Crippen molar-refractivity contribution in [2.45, 2.75) is 51.6 Å². The molecule has 1 atom stereocenters. The van der Waals surface area contributed by atoms with Crippen LogP contribution in [0.25, 0.3) is 0 Å². The molecule has 8 nitrogen and oxygen atoms in total. The van der Waals surface area contributed by atoms with Gasteiger partial charge in [-0.1, -0.05) is 24.3 Å². The van der Waals surface area contributed by atoms with Gasteiger partial charge in [0.15, 0.2) is 11.9 Å². The molecule has 1 aliphatic rings. The first-order valence-electron chi connectivity index (χ1n) is 10.2. The van der Waals surface area contributed by atoms with Crippen molar-refractivity contribution >= 4 is 29.0 Å². The molecule has 0 aliphatic heterocycles. The number of carbonyl (C=O) groups excluding carboxylic acids is 3. The normalized spacial score (nSPS) is 13.6. The summed E-state index contributed by atoms with van der Waals surface area (Å²) >= 11 is 0. The molecule has 0 saturated heterocycles. The number of anilines is 1. The zero-order valence-corrected chi connectivity index (χ0v) is 17.3. The van der Waals surface area contributed by atoms with Crippen molar-refractivity contribution in [2.24, 2.45) is 0 Å². The Morgan fingerprint density at radius 1 is 1.06 bits per heavy atom. The van der Waals surface area contributed by atoms with Crippen molar-refractivity contribution in [3.8, 4) is 0 Å². The number of hydrogen-bond donors (Lipinski definition) is 1. The summed E-state index contributed by atoms with van der Waals surface area (Å²) in [6, 6.07) is 11.4. The molecule has 3 rings (SSSR count). The number of nitrogens with zero attached hydrogens (tertiary/aromatic N) is 1. The van der Waals surface area contributed by atoms with Gasteiger partial charge in [0.05, 0.1) is 11.3 Å². The van der Waals surface area contributed by atoms with Gasteiger partial charge < -0.3 is 10.1 Å². The monoisotopic (exact) mass is 424 g/mol. The maximum atomic E-state index is 12.4. The number of ether oxygens (including phenoxy) is 1. The summed E-state index contributed by atoms with van der Waals surface area (Å²) in [7, 11) is 0. The van der Waals surface area contributed by atoms with Crippen molar-refractivity contribution in [1.29, 1.82) is 0 Å². The fraction of sp³-hybridized carbons (Fsp3) is 0.348. The number of para-hydroxylation sites is 2. The summed E-state index contributed by atoms with van der Waals surface area (Å²) in [5.74, 6) is -1.53. The number of nitro benzene ring substituents is 1. The van der Waals surface area contributed by atoms with Crippen LogP contribution in [0.1, 0.15) is 54.1 Å². The number of ketones is 1. The molecule has 0 heterocycles. The Morgan fingerprint density at radius 3 is 2.52 bits per heavy atom. The standard InChI is InChI=1S/C23H24N2O6/c1-15(23(28)24-19-8-4-5-9-20(19)25(29)30)31-22(27)13-12-21(26)18-11-10-16-6-2-3-7-17(16)14-18/h4-5,8-11,14-15H,2-3,6-7,12-13H2,1H3,(H,24,28). The number of benzene rings is 2. The lowest BCUT2D eigenvalue weighted by Crippen LogP contribution is -2.30. The lowest BCUT2D eigenvalue weighted by atomic mass is 9.89. The van der Waals surface area contributed by atoms with Crippen molar-refractivity contribution in [2.75, 3.05) is 5.32 Å². The van der Waals surface area contributed by atoms with Crippen molar-refractivity contribution in [1.82, 2.24) is 0 Å². The SMILES string of the molecule is CC(OC(=O)CCC(=O)c1ccc2c(c1)CCCC2)C(=O)Nc1ccccc1[N+](=O)[O-]. The molecule has 1 aliphatic carbocycles. The second kappa shape index (κ2) is 9.97. The van der Waals surface area contributed by atoms with Gasteiger partial charge in [-0.25, -0.2) is 0 Å². The minimum atomic E-state index is -1.16. The Kier molecular flexibility index (Phi) is 7.12. The number of nitro groups is 1. The second-order valence-corrected chi connectivity index (χ2v) is 7.51. The summed E-state index contributed by atoms with van der Waals surface area (Å²) < 4.78 is 5.09. The molecule has 0 aromatic heterocycles. The third kappa shape index (κ3) is 5.75. The van der Waals surface area contributed by atoms with Crippen LogP contribution in [0.3, 0.4) is 0 Å². The Hall–Kier alpha value is -3.55. The van der Waals surface area contributed by atoms with Crippen LogP contribution < -0.4 is 5.32 Å². The molecule has 1 unspecified atom stereocenters. The van der Waals surface area contributed by atoms with Crippen LogP contribution in [0.4, 0.5) is 11.4 Å². The van der Waals surface area contributed by atoms with E-state index in [1.807, 2.05) is 12.1 Å². The molecular formula is C23H24N2O6. The topological polar surface area (TPSA) is 116 Å². The number of rotatable bonds is 8. The molecule has 0 spiro atoms. The van der Waals surface area contributed by atoms with Gasteiger partial charge in [0.2, 0.25) is 0 Å². The molecule has 162 valence electrons. The lowest BCUT2D eigenvalue weighted by molar-refractivity contribution is -0.383. The van der Waals surface area contributed by atoms with E-state index in [-0.39, 0.29) is 30.0 Å². The van der Waals surface area contributed by atoms with Crippen LogP contribution in [-0.2, 0) is 27.2 Å². The van der Waals surface area contributed by atoms with Crippen LogP contribution in [0, 0.1) is 10.1 Å². The number of hydrogen-bond acceptors (Lipinski definition) is 6. The predicted molar refractivity (Wildman–Crippen MR) is 114 cm³/mol. The molecular weight excluding hydrogens is 400 g/mol. The molecule has 2 aromatic rings. The average molecular weight is 424 g/mol. The van der Waals surface area contributed by atoms with E-state index in [1.54, 1.807) is 12.1 Å². The fourth-order valence-electron chi connectivity index (χ4n) is 3.55. The van der Waals surface area contributed by atoms with Crippen LogP contribution in [-0.4, -0.2) is 28.7 Å². The lowest BCUT2D eigenvalue weighted by Gasteiger charge is -2.16. The van der Waals surface area contributed by atoms with E-state index in [4.69, 9.17) is 4.74 Å². The summed E-state index contributed by atoms with van der Waals surface area (Å²) in [6.45, 7) is 1.37. The number of aryl methyl sites for hydroxylation is 2. The number of carbonyl (C=O) groups is 3. The Labute approximate surface area is 179 Å². The minimum Gasteiger partial charge on any atom is -0.453 e. The van der Waals surface area contributed by atoms with Crippen molar-refractivity contribution < 1.29 is 24.0 Å². The van der Waals surface area contributed by atoms with E-state index < -0.39 is 22.9 Å². The molecule has 2 aromatic carbocycles. The maximum absolute atomic E-state index is 12.4. The maximum Gasteiger partial charge on any atom is 0.307 e. The number of fused-ring (bicyclic) bond motifs is 1. The summed E-state index contributed by atoms with van der Waals surface area (Å²) in [4.78, 5) is 47.2. The number of Topliss-reactive ketones (excluding diaryl/α,β-unsaturated/α-hetero) is 1. The highest BCUT2D eigenvalue weighted by Crippen LogP contribution is 2.24. The van der Waals surface area contributed by atoms with Crippen LogP contribution >= 0.6 is 0 Å². The van der Waals surface area contributed by atoms with E-state index in [1.165, 1.54) is 36.2 Å². The third-order valence-electron chi connectivity index (χ3n) is 5.26. The third-order valence-corrected chi connectivity index (χ3v) is 5.26. The highest BCUT2D eigenvalue weighted by atomic mass is 16.6. The predicted octanol–water partition coefficient (Wildman–Crippen LogP) is 4.01. The van der Waals surface area contributed by atoms with Crippen LogP contribution in [0.15, 0.2) is 42.5 Å². The van der Waals surface area contributed by atoms with E-state index in [0.717, 1.165) is 25.7 Å². The van der Waals surface area contributed by atoms with E-state index in [9.17, 15) is 24.5 Å². The first kappa shape index (κ1) is 22.1. The van der Waals surface area contributed by atoms with Gasteiger partial charge in [-0.3, -0.25) is 24.5 Å². The minimum absolute atomic E-state index is 0.0167. The average Bonchev–Trinajstić information content (AvgIpc) is 2.77. The molecule has 0 radical (unpaired) electrons. The summed E-state index contributed by atoms with van der Waals surface area (Å²) in [5.41, 5.74) is 2.81. The molecule has 8 heteroatoms. The number of amides is 1. The molecule has 0 saturated carbocycles. The van der Waals surface area contributed by atoms with Gasteiger partial charge in [0, 0.05) is 18.1 Å². The van der Waals surface area contributed by atoms with Crippen molar-refractivity contribution in [3.05, 3.63) is 69.3 Å². The van der Waals surface area contributed by atoms with Gasteiger partial charge in [-0.15, -0.1) is 0 Å². The van der Waals surface area contributed by atoms with E-state index in [2.05, 4.69) is 5.32 Å². The van der Waals surface area contributed by atoms with Crippen LogP contribution in [0.2, 0.25) is 0 Å². The quantitative estimate of drug-likeness (QED) is 0.296. The van der Waals surface area contributed by atoms with Gasteiger partial charge in [-0.05, 0) is 55.9 Å². The zero-order valence-electron chi connectivity index (χ0n) is 17.3. The second-order valence-electron chi connectivity index (χ2n) is 7.51. The first-order chi connectivity index (χ1) is 14.8. The van der Waals surface area contributed by atoms with Crippen molar-refractivity contribution in [3.63, 3.8) is 0 Å². The van der Waals surface area contributed by atoms with E-state index in [0.29, 0.717) is 5.56 Å². The van der Waals surface area contributed by atoms with Gasteiger partial charge in [-0.2, -0.15) is 0 Å². The molecule has 31 heavy (non-hydrogen) atoms. The zero-order chi connectivity index (χ0) is 22.4. The highest BCUT2D eigenvalue weighted by Gasteiger charge is 2.22. The largest absolute Gasteiger partial charge is 0.453 e. The summed E-state index contributed by atoms with van der Waals surface area (Å²) in [6.07, 6.45) is 2.94. The van der Waals surface area contributed by atoms with Gasteiger partial charge in [0.1, 0.15) is 5.69 Å². The number of esters is 1. The number of nitrogens with one attached hydrogen (secondary N) is 1. The molecule has 1 N–H and O–H groups in total. The highest BCUT2D eigenvalue weighted by molar-refractivity contribution is 5.99. The van der Waals surface area contributed by atoms with Gasteiger partial charge >= 0.3 is 5.97 Å². The molecule has 0 bridgehead atoms. The Bertz CT molecular complexity index is 1020. The van der Waals surface area contributed by atoms with E-state index >= 15 is 0 Å². The fourth-order valence-corrected chi connectivity index (χ4v) is 3.55.